The molecule has 1 fully saturated rings. The van der Waals surface area contributed by atoms with Crippen molar-refractivity contribution in [2.45, 2.75) is 44.8 Å². The van der Waals surface area contributed by atoms with Crippen molar-refractivity contribution in [1.82, 2.24) is 9.55 Å². The maximum atomic E-state index is 13.1. The van der Waals surface area contributed by atoms with Crippen molar-refractivity contribution in [3.05, 3.63) is 51.4 Å². The van der Waals surface area contributed by atoms with Gasteiger partial charge in [0.15, 0.2) is 0 Å². The third-order valence-corrected chi connectivity index (χ3v) is 5.02. The van der Waals surface area contributed by atoms with Gasteiger partial charge in [0.25, 0.3) is 5.56 Å². The van der Waals surface area contributed by atoms with Crippen LogP contribution < -0.4 is 5.56 Å². The normalized spacial score (nSPS) is 16.2. The van der Waals surface area contributed by atoms with E-state index in [2.05, 4.69) is 4.98 Å². The smallest absolute Gasteiger partial charge is 0.332 e. The number of aromatic nitrogens is 2. The van der Waals surface area contributed by atoms with Gasteiger partial charge in [0.1, 0.15) is 5.82 Å². The number of hydrogen-bond donors (Lipinski definition) is 0. The molecule has 0 aliphatic heterocycles. The van der Waals surface area contributed by atoms with E-state index >= 15 is 0 Å². The van der Waals surface area contributed by atoms with Gasteiger partial charge < -0.3 is 4.57 Å². The number of rotatable bonds is 3. The molecule has 0 spiro atoms. The average molecular weight is 371 g/mol. The topological polar surface area (TPSA) is 34.9 Å². The summed E-state index contributed by atoms with van der Waals surface area (Å²) in [6.45, 7) is 0.620. The van der Waals surface area contributed by atoms with Gasteiger partial charge in [-0.1, -0.05) is 36.9 Å². The zero-order chi connectivity index (χ0) is 18.0. The SMILES string of the molecule is O=c1ccn(CC2CCCCC2)c(-c2cccc(C(F)(F)F)c2Cl)n1. The molecule has 7 heteroatoms. The summed E-state index contributed by atoms with van der Waals surface area (Å²) in [5.74, 6) is 0.621. The molecule has 1 aromatic heterocycles. The maximum Gasteiger partial charge on any atom is 0.417 e. The van der Waals surface area contributed by atoms with Crippen LogP contribution in [0.5, 0.6) is 0 Å². The molecule has 0 N–H and O–H groups in total. The Balaban J connectivity index is 2.05. The molecule has 0 unspecified atom stereocenters. The summed E-state index contributed by atoms with van der Waals surface area (Å²) in [7, 11) is 0. The first kappa shape index (κ1) is 18.0. The second kappa shape index (κ2) is 7.20. The van der Waals surface area contributed by atoms with Gasteiger partial charge in [-0.05, 0) is 30.9 Å². The highest BCUT2D eigenvalue weighted by Gasteiger charge is 2.34. The van der Waals surface area contributed by atoms with E-state index in [-0.39, 0.29) is 11.4 Å². The molecule has 1 aromatic carbocycles. The summed E-state index contributed by atoms with van der Waals surface area (Å²) in [4.78, 5) is 15.7. The molecule has 0 atom stereocenters. The molecule has 1 aliphatic rings. The summed E-state index contributed by atoms with van der Waals surface area (Å²) in [6.07, 6.45) is 2.69. The van der Waals surface area contributed by atoms with E-state index in [9.17, 15) is 18.0 Å². The lowest BCUT2D eigenvalue weighted by Crippen LogP contribution is -2.20. The molecule has 3 rings (SSSR count). The lowest BCUT2D eigenvalue weighted by atomic mass is 9.89. The lowest BCUT2D eigenvalue weighted by molar-refractivity contribution is -0.137. The largest absolute Gasteiger partial charge is 0.417 e. The lowest BCUT2D eigenvalue weighted by Gasteiger charge is -2.24. The molecule has 0 radical (unpaired) electrons. The Kier molecular flexibility index (Phi) is 5.18. The fourth-order valence-electron chi connectivity index (χ4n) is 3.36. The highest BCUT2D eigenvalue weighted by molar-refractivity contribution is 6.34. The Bertz CT molecular complexity index is 811. The first-order valence-corrected chi connectivity index (χ1v) is 8.67. The van der Waals surface area contributed by atoms with Crippen molar-refractivity contribution in [1.29, 1.82) is 0 Å². The van der Waals surface area contributed by atoms with Crippen molar-refractivity contribution >= 4 is 11.6 Å². The number of benzene rings is 1. The van der Waals surface area contributed by atoms with E-state index < -0.39 is 22.3 Å². The van der Waals surface area contributed by atoms with Crippen molar-refractivity contribution in [3.8, 4) is 11.4 Å². The third kappa shape index (κ3) is 4.06. The van der Waals surface area contributed by atoms with Crippen molar-refractivity contribution < 1.29 is 13.2 Å². The van der Waals surface area contributed by atoms with Gasteiger partial charge in [-0.15, -0.1) is 0 Å². The van der Waals surface area contributed by atoms with Gasteiger partial charge in [-0.2, -0.15) is 18.2 Å². The first-order valence-electron chi connectivity index (χ1n) is 8.30. The number of nitrogens with zero attached hydrogens (tertiary/aromatic N) is 2. The van der Waals surface area contributed by atoms with Gasteiger partial charge in [0, 0.05) is 24.4 Å². The molecule has 25 heavy (non-hydrogen) atoms. The zero-order valence-electron chi connectivity index (χ0n) is 13.5. The van der Waals surface area contributed by atoms with Crippen LogP contribution in [0.2, 0.25) is 5.02 Å². The van der Waals surface area contributed by atoms with Gasteiger partial charge in [-0.25, -0.2) is 0 Å². The van der Waals surface area contributed by atoms with Crippen LogP contribution >= 0.6 is 11.6 Å². The van der Waals surface area contributed by atoms with E-state index in [0.717, 1.165) is 31.7 Å². The van der Waals surface area contributed by atoms with Gasteiger partial charge in [-0.3, -0.25) is 4.79 Å². The number of alkyl halides is 3. The van der Waals surface area contributed by atoms with Crippen molar-refractivity contribution in [2.24, 2.45) is 5.92 Å². The highest BCUT2D eigenvalue weighted by atomic mass is 35.5. The van der Waals surface area contributed by atoms with Gasteiger partial charge >= 0.3 is 6.18 Å². The second-order valence-corrected chi connectivity index (χ2v) is 6.79. The Morgan fingerprint density at radius 2 is 1.88 bits per heavy atom. The van der Waals surface area contributed by atoms with Gasteiger partial charge in [0.05, 0.1) is 10.6 Å². The molecule has 1 aliphatic carbocycles. The molecular formula is C18H18ClF3N2O. The Labute approximate surface area is 148 Å². The maximum absolute atomic E-state index is 13.1. The van der Waals surface area contributed by atoms with Crippen molar-refractivity contribution in [3.63, 3.8) is 0 Å². The average Bonchev–Trinajstić information content (AvgIpc) is 2.57. The Morgan fingerprint density at radius 1 is 1.16 bits per heavy atom. The molecule has 2 aromatic rings. The summed E-state index contributed by atoms with van der Waals surface area (Å²) in [5, 5.41) is -0.425. The van der Waals surface area contributed by atoms with Crippen LogP contribution in [0, 0.1) is 5.92 Å². The van der Waals surface area contributed by atoms with E-state index in [0.29, 0.717) is 12.5 Å². The molecule has 3 nitrogen and oxygen atoms in total. The van der Waals surface area contributed by atoms with E-state index in [1.54, 1.807) is 10.8 Å². The monoisotopic (exact) mass is 370 g/mol. The van der Waals surface area contributed by atoms with Crippen LogP contribution in [0.3, 0.4) is 0 Å². The van der Waals surface area contributed by atoms with E-state index in [4.69, 9.17) is 11.6 Å². The predicted molar refractivity (Wildman–Crippen MR) is 90.5 cm³/mol. The van der Waals surface area contributed by atoms with Crippen molar-refractivity contribution in [2.75, 3.05) is 0 Å². The molecule has 1 saturated carbocycles. The zero-order valence-corrected chi connectivity index (χ0v) is 14.3. The van der Waals surface area contributed by atoms with Crippen LogP contribution in [0.25, 0.3) is 11.4 Å². The van der Waals surface area contributed by atoms with Crippen LogP contribution in [0.15, 0.2) is 35.3 Å². The quantitative estimate of drug-likeness (QED) is 0.747. The fourth-order valence-corrected chi connectivity index (χ4v) is 3.68. The minimum Gasteiger partial charge on any atom is -0.332 e. The molecule has 0 bridgehead atoms. The van der Waals surface area contributed by atoms with E-state index in [1.807, 2.05) is 0 Å². The number of hydrogen-bond acceptors (Lipinski definition) is 2. The Morgan fingerprint density at radius 3 is 2.56 bits per heavy atom. The van der Waals surface area contributed by atoms with E-state index in [1.165, 1.54) is 24.6 Å². The van der Waals surface area contributed by atoms with Crippen LogP contribution in [-0.4, -0.2) is 9.55 Å². The summed E-state index contributed by atoms with van der Waals surface area (Å²) >= 11 is 6.02. The molecule has 0 amide bonds. The van der Waals surface area contributed by atoms with Crippen LogP contribution in [0.4, 0.5) is 13.2 Å². The summed E-state index contributed by atoms with van der Waals surface area (Å²) in [6, 6.07) is 5.01. The standard InChI is InChI=1S/C18H18ClF3N2O/c19-16-13(7-4-8-14(16)18(20,21)22)17-23-15(25)9-10-24(17)11-12-5-2-1-3-6-12/h4,7-10,12H,1-3,5-6,11H2. The summed E-state index contributed by atoms with van der Waals surface area (Å²) in [5.41, 5.74) is -1.29. The molecule has 134 valence electrons. The minimum absolute atomic E-state index is 0.130. The number of halogens is 4. The van der Waals surface area contributed by atoms with Gasteiger partial charge in [0.2, 0.25) is 0 Å². The Hall–Kier alpha value is -1.82. The minimum atomic E-state index is -4.56. The molecule has 1 heterocycles. The highest BCUT2D eigenvalue weighted by Crippen LogP contribution is 2.39. The second-order valence-electron chi connectivity index (χ2n) is 6.41. The predicted octanol–water partition coefficient (Wildman–Crippen LogP) is 5.16. The first-order chi connectivity index (χ1) is 11.9. The van der Waals surface area contributed by atoms with Crippen LogP contribution in [0.1, 0.15) is 37.7 Å². The summed E-state index contributed by atoms with van der Waals surface area (Å²) < 4.78 is 41.1. The fraction of sp³-hybridized carbons (Fsp3) is 0.444. The third-order valence-electron chi connectivity index (χ3n) is 4.61. The molecular weight excluding hydrogens is 353 g/mol. The van der Waals surface area contributed by atoms with Crippen LogP contribution in [-0.2, 0) is 12.7 Å². The molecule has 0 saturated heterocycles.